The van der Waals surface area contributed by atoms with Gasteiger partial charge in [0, 0.05) is 34.7 Å². The number of benzene rings is 2. The Labute approximate surface area is 183 Å². The Balaban J connectivity index is 1.87. The molecular weight excluding hydrogens is 418 g/mol. The molecule has 2 N–H and O–H groups in total. The Hall–Kier alpha value is -3.53. The van der Waals surface area contributed by atoms with Gasteiger partial charge in [-0.15, -0.1) is 11.7 Å². The fourth-order valence-corrected chi connectivity index (χ4v) is 4.23. The lowest BCUT2D eigenvalue weighted by Crippen LogP contribution is -2.51. The van der Waals surface area contributed by atoms with Crippen LogP contribution in [-0.4, -0.2) is 33.4 Å². The van der Waals surface area contributed by atoms with Crippen LogP contribution >= 0.6 is 11.8 Å². The minimum atomic E-state index is -0.690. The number of nitrogens with zero attached hydrogens (tertiary/aromatic N) is 3. The molecule has 4 rings (SSSR count). The van der Waals surface area contributed by atoms with Gasteiger partial charge in [0.15, 0.2) is 11.2 Å². The topological polar surface area (TPSA) is 109 Å². The number of fused-ring (bicyclic) bond motifs is 3. The summed E-state index contributed by atoms with van der Waals surface area (Å²) in [5, 5.41) is 24.4. The van der Waals surface area contributed by atoms with Crippen LogP contribution in [0, 0.1) is 10.1 Å². The van der Waals surface area contributed by atoms with Crippen LogP contribution in [0.3, 0.4) is 0 Å². The first kappa shape index (κ1) is 20.7. The maximum atomic E-state index is 13.1. The zero-order chi connectivity index (χ0) is 22.0. The number of hydrogen-bond donors (Lipinski definition) is 2. The fourth-order valence-electron chi connectivity index (χ4n) is 3.63. The molecule has 0 aromatic heterocycles. The SMILES string of the molecule is C=CCSC1=NN2[C@@H](c3cc([N+](=O)[O-])ccc3OCC)Nc3ccccc3[C@H]2C(=O)N1. The van der Waals surface area contributed by atoms with Crippen molar-refractivity contribution in [3.05, 3.63) is 76.4 Å². The van der Waals surface area contributed by atoms with Crippen molar-refractivity contribution in [1.82, 2.24) is 10.3 Å². The molecule has 2 heterocycles. The molecule has 1 amide bonds. The van der Waals surface area contributed by atoms with Gasteiger partial charge in [0.05, 0.1) is 11.5 Å². The number of para-hydroxylation sites is 1. The van der Waals surface area contributed by atoms with Crippen LogP contribution in [0.5, 0.6) is 5.75 Å². The van der Waals surface area contributed by atoms with Gasteiger partial charge in [0.25, 0.3) is 11.6 Å². The second-order valence-electron chi connectivity index (χ2n) is 6.82. The highest BCUT2D eigenvalue weighted by atomic mass is 32.2. The molecule has 31 heavy (non-hydrogen) atoms. The third kappa shape index (κ3) is 3.93. The van der Waals surface area contributed by atoms with Crippen molar-refractivity contribution in [3.63, 3.8) is 0 Å². The number of rotatable bonds is 6. The molecule has 9 nitrogen and oxygen atoms in total. The summed E-state index contributed by atoms with van der Waals surface area (Å²) < 4.78 is 5.75. The van der Waals surface area contributed by atoms with Crippen LogP contribution in [0.1, 0.15) is 30.3 Å². The highest BCUT2D eigenvalue weighted by molar-refractivity contribution is 8.14. The molecule has 0 fully saturated rings. The molecule has 2 aromatic carbocycles. The van der Waals surface area contributed by atoms with Crippen LogP contribution in [0.2, 0.25) is 0 Å². The maximum absolute atomic E-state index is 13.1. The number of carbonyl (C=O) groups excluding carboxylic acids is 1. The summed E-state index contributed by atoms with van der Waals surface area (Å²) in [5.41, 5.74) is 2.00. The molecule has 2 aliphatic heterocycles. The summed E-state index contributed by atoms with van der Waals surface area (Å²) in [6.07, 6.45) is 1.08. The van der Waals surface area contributed by atoms with Gasteiger partial charge in [0.2, 0.25) is 0 Å². The van der Waals surface area contributed by atoms with Gasteiger partial charge in [-0.3, -0.25) is 19.9 Å². The van der Waals surface area contributed by atoms with Gasteiger partial charge in [0.1, 0.15) is 11.9 Å². The summed E-state index contributed by atoms with van der Waals surface area (Å²) in [5.74, 6) is 0.849. The normalized spacial score (nSPS) is 19.3. The zero-order valence-corrected chi connectivity index (χ0v) is 17.6. The Morgan fingerprint density at radius 2 is 2.13 bits per heavy atom. The van der Waals surface area contributed by atoms with Crippen molar-refractivity contribution in [2.75, 3.05) is 17.7 Å². The van der Waals surface area contributed by atoms with E-state index in [0.29, 0.717) is 28.8 Å². The molecule has 0 radical (unpaired) electrons. The molecule has 2 atom stereocenters. The van der Waals surface area contributed by atoms with E-state index in [4.69, 9.17) is 4.74 Å². The van der Waals surface area contributed by atoms with Crippen LogP contribution < -0.4 is 15.4 Å². The van der Waals surface area contributed by atoms with Crippen LogP contribution in [0.4, 0.5) is 11.4 Å². The fraction of sp³-hybridized carbons (Fsp3) is 0.238. The third-order valence-electron chi connectivity index (χ3n) is 4.90. The number of carbonyl (C=O) groups is 1. The average Bonchev–Trinajstić information content (AvgIpc) is 2.77. The minimum Gasteiger partial charge on any atom is -0.493 e. The van der Waals surface area contributed by atoms with Gasteiger partial charge in [-0.2, -0.15) is 0 Å². The molecule has 0 aliphatic carbocycles. The second-order valence-corrected chi connectivity index (χ2v) is 7.83. The monoisotopic (exact) mass is 439 g/mol. The number of nitro benzene ring substituents is 1. The summed E-state index contributed by atoms with van der Waals surface area (Å²) in [7, 11) is 0. The van der Waals surface area contributed by atoms with Crippen molar-refractivity contribution < 1.29 is 14.5 Å². The van der Waals surface area contributed by atoms with E-state index in [9.17, 15) is 14.9 Å². The van der Waals surface area contributed by atoms with Gasteiger partial charge in [-0.1, -0.05) is 36.0 Å². The number of amides is 1. The van der Waals surface area contributed by atoms with E-state index in [2.05, 4.69) is 22.3 Å². The van der Waals surface area contributed by atoms with E-state index in [1.54, 1.807) is 17.2 Å². The number of nitro groups is 1. The average molecular weight is 439 g/mol. The van der Waals surface area contributed by atoms with E-state index in [0.717, 1.165) is 11.3 Å². The lowest BCUT2D eigenvalue weighted by Gasteiger charge is -2.43. The first-order valence-electron chi connectivity index (χ1n) is 9.71. The maximum Gasteiger partial charge on any atom is 0.270 e. The van der Waals surface area contributed by atoms with Crippen molar-refractivity contribution >= 4 is 34.2 Å². The largest absolute Gasteiger partial charge is 0.493 e. The number of hydrazone groups is 1. The Kier molecular flexibility index (Phi) is 5.81. The molecule has 0 spiro atoms. The summed E-state index contributed by atoms with van der Waals surface area (Å²) >= 11 is 1.35. The van der Waals surface area contributed by atoms with E-state index in [1.165, 1.54) is 23.9 Å². The standard InChI is InChI=1S/C21H21N5O4S/c1-3-11-31-21-23-20(27)18-14-7-5-6-8-16(14)22-19(25(18)24-21)15-12-13(26(28)29)9-10-17(15)30-4-2/h3,5-10,12,18-19,22H,1,4,11H2,2H3,(H,23,24,27)/t18-,19-/m0/s1. The van der Waals surface area contributed by atoms with Gasteiger partial charge in [-0.05, 0) is 19.1 Å². The van der Waals surface area contributed by atoms with Crippen molar-refractivity contribution in [1.29, 1.82) is 0 Å². The molecule has 10 heteroatoms. The number of nitrogens with one attached hydrogen (secondary N) is 2. The molecule has 2 aromatic rings. The molecule has 160 valence electrons. The predicted octanol–water partition coefficient (Wildman–Crippen LogP) is 3.78. The smallest absolute Gasteiger partial charge is 0.270 e. The van der Waals surface area contributed by atoms with Gasteiger partial charge >= 0.3 is 0 Å². The molecule has 0 bridgehead atoms. The first-order valence-corrected chi connectivity index (χ1v) is 10.7. The Morgan fingerprint density at radius 1 is 1.32 bits per heavy atom. The Morgan fingerprint density at radius 3 is 2.87 bits per heavy atom. The van der Waals surface area contributed by atoms with Gasteiger partial charge in [-0.25, -0.2) is 0 Å². The van der Waals surface area contributed by atoms with Gasteiger partial charge < -0.3 is 15.4 Å². The van der Waals surface area contributed by atoms with Crippen LogP contribution in [0.25, 0.3) is 0 Å². The molecule has 0 saturated carbocycles. The lowest BCUT2D eigenvalue weighted by molar-refractivity contribution is -0.385. The van der Waals surface area contributed by atoms with Crippen LogP contribution in [0.15, 0.2) is 60.2 Å². The van der Waals surface area contributed by atoms with Crippen molar-refractivity contribution in [2.45, 2.75) is 19.1 Å². The number of non-ortho nitro benzene ring substituents is 1. The summed E-state index contributed by atoms with van der Waals surface area (Å²) in [6.45, 7) is 5.93. The number of amidine groups is 1. The quantitative estimate of drug-likeness (QED) is 0.400. The predicted molar refractivity (Wildman–Crippen MR) is 120 cm³/mol. The van der Waals surface area contributed by atoms with E-state index in [1.807, 2.05) is 31.2 Å². The highest BCUT2D eigenvalue weighted by Crippen LogP contribution is 2.45. The number of thioether (sulfide) groups is 1. The minimum absolute atomic E-state index is 0.0673. The van der Waals surface area contributed by atoms with E-state index < -0.39 is 17.1 Å². The molecule has 0 unspecified atom stereocenters. The third-order valence-corrected chi connectivity index (χ3v) is 5.76. The number of anilines is 1. The number of ether oxygens (including phenoxy) is 1. The van der Waals surface area contributed by atoms with E-state index in [-0.39, 0.29) is 11.6 Å². The zero-order valence-electron chi connectivity index (χ0n) is 16.8. The Bertz CT molecular complexity index is 1070. The highest BCUT2D eigenvalue weighted by Gasteiger charge is 2.43. The van der Waals surface area contributed by atoms with Crippen molar-refractivity contribution in [2.24, 2.45) is 5.10 Å². The second kappa shape index (κ2) is 8.68. The molecule has 0 saturated heterocycles. The first-order chi connectivity index (χ1) is 15.0. The summed E-state index contributed by atoms with van der Waals surface area (Å²) in [6, 6.07) is 11.2. The van der Waals surface area contributed by atoms with E-state index >= 15 is 0 Å². The summed E-state index contributed by atoms with van der Waals surface area (Å²) in [4.78, 5) is 24.1. The van der Waals surface area contributed by atoms with Crippen LogP contribution in [-0.2, 0) is 4.79 Å². The molecule has 2 aliphatic rings. The van der Waals surface area contributed by atoms with Crippen molar-refractivity contribution in [3.8, 4) is 5.75 Å². The number of hydrogen-bond acceptors (Lipinski definition) is 8. The molecular formula is C21H21N5O4S. The lowest BCUT2D eigenvalue weighted by atomic mass is 9.96.